The number of carboxylic acids is 2. The van der Waals surface area contributed by atoms with E-state index in [2.05, 4.69) is 16.0 Å². The number of rotatable bonds is 5. The molecule has 3 atom stereocenters. The maximum atomic E-state index is 10.6. The molecule has 3 fully saturated rings. The molecular weight excluding hydrogens is 516 g/mol. The highest BCUT2D eigenvalue weighted by atomic mass is 19.4. The molecule has 3 aliphatic rings. The van der Waals surface area contributed by atoms with Crippen molar-refractivity contribution >= 4 is 11.9 Å². The lowest BCUT2D eigenvalue weighted by Crippen LogP contribution is -2.39. The third-order valence-corrected chi connectivity index (χ3v) is 6.15. The van der Waals surface area contributed by atoms with Crippen LogP contribution in [-0.4, -0.2) is 82.8 Å². The Morgan fingerprint density at radius 1 is 1.11 bits per heavy atom. The Hall–Kier alpha value is -3.12. The first-order chi connectivity index (χ1) is 17.2. The Kier molecular flexibility index (Phi) is 10.5. The van der Waals surface area contributed by atoms with Crippen LogP contribution in [0.3, 0.4) is 0 Å². The Labute approximate surface area is 207 Å². The van der Waals surface area contributed by atoms with E-state index in [1.54, 1.807) is 18.3 Å². The molecule has 1 aromatic heterocycles. The third-order valence-electron chi connectivity index (χ3n) is 6.15. The summed E-state index contributed by atoms with van der Waals surface area (Å²) in [6, 6.07) is 6.39. The lowest BCUT2D eigenvalue weighted by Gasteiger charge is -2.35. The Morgan fingerprint density at radius 3 is 2.14 bits per heavy atom. The van der Waals surface area contributed by atoms with Gasteiger partial charge in [-0.1, -0.05) is 6.42 Å². The maximum Gasteiger partial charge on any atom is 0.490 e. The molecule has 0 amide bonds. The Balaban J connectivity index is 0.000000286. The summed E-state index contributed by atoms with van der Waals surface area (Å²) < 4.78 is 75.2. The van der Waals surface area contributed by atoms with E-state index >= 15 is 0 Å². The predicted octanol–water partition coefficient (Wildman–Crippen LogP) is 3.49. The Bertz CT molecular complexity index is 922. The summed E-state index contributed by atoms with van der Waals surface area (Å²) in [7, 11) is 0. The minimum absolute atomic E-state index is 0.439. The number of ether oxygens (including phenoxy) is 2. The number of hydrogen-bond donors (Lipinski definition) is 2. The summed E-state index contributed by atoms with van der Waals surface area (Å²) in [5.74, 6) is -3.64. The van der Waals surface area contributed by atoms with Crippen molar-refractivity contribution in [2.45, 2.75) is 50.2 Å². The topological polar surface area (TPSA) is 133 Å². The fraction of sp³-hybridized carbons (Fsp3) is 0.636. The zero-order valence-electron chi connectivity index (χ0n) is 19.3. The first kappa shape index (κ1) is 30.1. The van der Waals surface area contributed by atoms with E-state index in [1.807, 2.05) is 0 Å². The van der Waals surface area contributed by atoms with Crippen molar-refractivity contribution in [1.82, 2.24) is 9.88 Å². The summed E-state index contributed by atoms with van der Waals surface area (Å²) in [6.07, 6.45) is -3.02. The van der Waals surface area contributed by atoms with E-state index in [0.29, 0.717) is 36.0 Å². The fourth-order valence-corrected chi connectivity index (χ4v) is 4.02. The lowest BCUT2D eigenvalue weighted by atomic mass is 9.89. The minimum atomic E-state index is -5.08. The quantitative estimate of drug-likeness (QED) is 0.538. The molecule has 0 aromatic carbocycles. The maximum absolute atomic E-state index is 10.6. The van der Waals surface area contributed by atoms with E-state index in [0.717, 1.165) is 25.6 Å². The summed E-state index contributed by atoms with van der Waals surface area (Å²) in [6.45, 7) is 3.87. The van der Waals surface area contributed by atoms with Crippen LogP contribution in [0, 0.1) is 23.2 Å². The number of aliphatic carboxylic acids is 2. The Morgan fingerprint density at radius 2 is 1.70 bits per heavy atom. The molecule has 1 aromatic rings. The molecule has 15 heteroatoms. The fourth-order valence-electron chi connectivity index (χ4n) is 4.02. The molecule has 4 rings (SSSR count). The highest BCUT2D eigenvalue weighted by molar-refractivity contribution is 5.73. The van der Waals surface area contributed by atoms with Gasteiger partial charge in [0.25, 0.3) is 0 Å². The van der Waals surface area contributed by atoms with Crippen molar-refractivity contribution in [3.63, 3.8) is 0 Å². The van der Waals surface area contributed by atoms with Crippen LogP contribution in [0.1, 0.15) is 31.2 Å². The zero-order valence-corrected chi connectivity index (χ0v) is 19.3. The molecule has 1 saturated carbocycles. The van der Waals surface area contributed by atoms with Gasteiger partial charge in [-0.05, 0) is 31.2 Å². The second-order valence-electron chi connectivity index (χ2n) is 8.57. The van der Waals surface area contributed by atoms with Crippen molar-refractivity contribution in [2.75, 3.05) is 26.3 Å². The summed E-state index contributed by atoms with van der Waals surface area (Å²) in [5.41, 5.74) is 0.562. The van der Waals surface area contributed by atoms with Gasteiger partial charge < -0.3 is 19.7 Å². The minimum Gasteiger partial charge on any atom is -0.478 e. The molecule has 2 saturated heterocycles. The molecule has 0 unspecified atom stereocenters. The normalized spacial score (nSPS) is 23.3. The first-order valence-electron chi connectivity index (χ1n) is 11.2. The van der Waals surface area contributed by atoms with Gasteiger partial charge in [-0.2, -0.15) is 31.6 Å². The largest absolute Gasteiger partial charge is 0.490 e. The molecule has 3 heterocycles. The number of halogens is 6. The van der Waals surface area contributed by atoms with Gasteiger partial charge in [0.05, 0.1) is 24.9 Å². The second kappa shape index (κ2) is 12.9. The molecule has 2 aliphatic heterocycles. The van der Waals surface area contributed by atoms with Gasteiger partial charge in [0.1, 0.15) is 6.07 Å². The molecule has 0 spiro atoms. The third kappa shape index (κ3) is 9.36. The van der Waals surface area contributed by atoms with Crippen LogP contribution in [0.2, 0.25) is 0 Å². The average molecular weight is 541 g/mol. The van der Waals surface area contributed by atoms with Gasteiger partial charge in [0.2, 0.25) is 5.88 Å². The molecular formula is C22H25F6N3O6. The van der Waals surface area contributed by atoms with Crippen LogP contribution >= 0.6 is 0 Å². The summed E-state index contributed by atoms with van der Waals surface area (Å²) in [5, 5.41) is 23.0. The van der Waals surface area contributed by atoms with E-state index in [4.69, 9.17) is 34.5 Å². The highest BCUT2D eigenvalue weighted by Gasteiger charge is 2.46. The number of aromatic nitrogens is 1. The summed E-state index contributed by atoms with van der Waals surface area (Å²) in [4.78, 5) is 24.6. The molecule has 37 heavy (non-hydrogen) atoms. The van der Waals surface area contributed by atoms with E-state index in [1.165, 1.54) is 25.8 Å². The van der Waals surface area contributed by atoms with Crippen LogP contribution in [0.25, 0.3) is 0 Å². The van der Waals surface area contributed by atoms with Gasteiger partial charge in [-0.15, -0.1) is 0 Å². The molecule has 206 valence electrons. The van der Waals surface area contributed by atoms with Crippen LogP contribution < -0.4 is 4.74 Å². The van der Waals surface area contributed by atoms with E-state index in [9.17, 15) is 26.3 Å². The smallest absolute Gasteiger partial charge is 0.478 e. The second-order valence-corrected chi connectivity index (χ2v) is 8.57. The number of hydrogen-bond acceptors (Lipinski definition) is 7. The molecule has 0 bridgehead atoms. The van der Waals surface area contributed by atoms with Gasteiger partial charge in [-0.3, -0.25) is 4.90 Å². The van der Waals surface area contributed by atoms with Crippen molar-refractivity contribution in [2.24, 2.45) is 11.8 Å². The van der Waals surface area contributed by atoms with Gasteiger partial charge in [0.15, 0.2) is 0 Å². The van der Waals surface area contributed by atoms with Crippen molar-refractivity contribution in [3.8, 4) is 11.9 Å². The van der Waals surface area contributed by atoms with Crippen LogP contribution in [0.5, 0.6) is 5.88 Å². The van der Waals surface area contributed by atoms with Gasteiger partial charge >= 0.3 is 24.3 Å². The summed E-state index contributed by atoms with van der Waals surface area (Å²) >= 11 is 0. The number of carbonyl (C=O) groups is 2. The average Bonchev–Trinajstić information content (AvgIpc) is 3.34. The molecule has 1 aliphatic carbocycles. The van der Waals surface area contributed by atoms with Crippen molar-refractivity contribution in [3.05, 3.63) is 23.9 Å². The number of nitriles is 1. The predicted molar refractivity (Wildman–Crippen MR) is 112 cm³/mol. The standard InChI is InChI=1S/C18H23N3O2.2C2HF3O2/c19-8-13-4-5-18(20-9-13)22-7-6-14-12-23-17-11-21(10-16(14)17)15-2-1-3-15;2*3-2(4,5)1(6)7/h4-5,9,14-17H,1-3,6-7,10-12H2;2*(H,6,7)/t14-,16-,17-;;/m0../s1. The number of nitrogens with zero attached hydrogens (tertiary/aromatic N) is 3. The molecule has 2 N–H and O–H groups in total. The monoisotopic (exact) mass is 541 g/mol. The number of alkyl halides is 6. The van der Waals surface area contributed by atoms with Crippen LogP contribution in [0.15, 0.2) is 18.3 Å². The van der Waals surface area contributed by atoms with Crippen molar-refractivity contribution < 1.29 is 55.6 Å². The molecule has 0 radical (unpaired) electrons. The van der Waals surface area contributed by atoms with Gasteiger partial charge in [-0.25, -0.2) is 14.6 Å². The SMILES string of the molecule is N#Cc1ccc(OCC[C@H]2CO[C@H]3CN(C4CCC4)C[C@@H]23)nc1.O=C(O)C(F)(F)F.O=C(O)C(F)(F)F. The van der Waals surface area contributed by atoms with Crippen LogP contribution in [0.4, 0.5) is 26.3 Å². The number of pyridine rings is 1. The molecule has 9 nitrogen and oxygen atoms in total. The van der Waals surface area contributed by atoms with Gasteiger partial charge in [0, 0.05) is 37.3 Å². The van der Waals surface area contributed by atoms with Crippen LogP contribution in [-0.2, 0) is 14.3 Å². The van der Waals surface area contributed by atoms with E-state index < -0.39 is 24.3 Å². The number of likely N-dealkylation sites (tertiary alicyclic amines) is 1. The first-order valence-corrected chi connectivity index (χ1v) is 11.2. The van der Waals surface area contributed by atoms with E-state index in [-0.39, 0.29) is 0 Å². The lowest BCUT2D eigenvalue weighted by molar-refractivity contribution is -0.193. The highest BCUT2D eigenvalue weighted by Crippen LogP contribution is 2.39. The number of carboxylic acid groups (broad SMARTS) is 2. The van der Waals surface area contributed by atoms with Crippen molar-refractivity contribution in [1.29, 1.82) is 5.26 Å². The zero-order chi connectivity index (χ0) is 27.8. The number of fused-ring (bicyclic) bond motifs is 1.